The smallest absolute Gasteiger partial charge is 0.308 e. The topological polar surface area (TPSA) is 104 Å². The maximum absolute atomic E-state index is 12.4. The van der Waals surface area contributed by atoms with Crippen LogP contribution in [-0.2, 0) is 4.79 Å². The van der Waals surface area contributed by atoms with Gasteiger partial charge in [-0.1, -0.05) is 6.92 Å². The molecular weight excluding hydrogens is 314 g/mol. The molecule has 1 heterocycles. The summed E-state index contributed by atoms with van der Waals surface area (Å²) in [6, 6.07) is 4.44. The lowest BCUT2D eigenvalue weighted by molar-refractivity contribution is -0.384. The van der Waals surface area contributed by atoms with Gasteiger partial charge in [0.1, 0.15) is 5.69 Å². The number of nitro groups is 1. The largest absolute Gasteiger partial charge is 0.481 e. The van der Waals surface area contributed by atoms with Crippen LogP contribution < -0.4 is 4.90 Å². The lowest BCUT2D eigenvalue weighted by Gasteiger charge is -2.21. The van der Waals surface area contributed by atoms with E-state index in [2.05, 4.69) is 0 Å². The molecule has 1 aliphatic rings. The molecule has 0 spiro atoms. The standard InChI is InChI=1S/C16H21N3O5/c1-11(16(21)22)10-17(2)15(20)12-5-6-13(14(9-12)19(23)24)18-7-3-4-8-18/h5-6,9,11H,3-4,7-8,10H2,1-2H3,(H,21,22). The van der Waals surface area contributed by atoms with Crippen molar-refractivity contribution >= 4 is 23.3 Å². The van der Waals surface area contributed by atoms with Crippen molar-refractivity contribution in [3.8, 4) is 0 Å². The van der Waals surface area contributed by atoms with E-state index in [1.807, 2.05) is 4.90 Å². The second kappa shape index (κ2) is 7.29. The molecule has 1 saturated heterocycles. The van der Waals surface area contributed by atoms with Crippen LogP contribution in [0.2, 0.25) is 0 Å². The van der Waals surface area contributed by atoms with Crippen molar-refractivity contribution in [3.63, 3.8) is 0 Å². The molecule has 8 heteroatoms. The van der Waals surface area contributed by atoms with E-state index in [-0.39, 0.29) is 17.8 Å². The number of hydrogen-bond donors (Lipinski definition) is 1. The van der Waals surface area contributed by atoms with Crippen LogP contribution in [-0.4, -0.2) is 53.5 Å². The summed E-state index contributed by atoms with van der Waals surface area (Å²) in [4.78, 5) is 37.4. The summed E-state index contributed by atoms with van der Waals surface area (Å²) in [5.74, 6) is -2.14. The first-order chi connectivity index (χ1) is 11.3. The number of benzene rings is 1. The summed E-state index contributed by atoms with van der Waals surface area (Å²) < 4.78 is 0. The van der Waals surface area contributed by atoms with Crippen molar-refractivity contribution in [1.82, 2.24) is 4.90 Å². The minimum atomic E-state index is -0.995. The molecule has 0 aromatic heterocycles. The van der Waals surface area contributed by atoms with Crippen LogP contribution in [0.25, 0.3) is 0 Å². The molecule has 24 heavy (non-hydrogen) atoms. The Bertz CT molecular complexity index is 655. The molecule has 1 amide bonds. The van der Waals surface area contributed by atoms with Crippen LogP contribution in [0.4, 0.5) is 11.4 Å². The summed E-state index contributed by atoms with van der Waals surface area (Å²) in [6.45, 7) is 3.08. The Morgan fingerprint density at radius 1 is 1.38 bits per heavy atom. The van der Waals surface area contributed by atoms with E-state index in [0.29, 0.717) is 5.69 Å². The zero-order valence-corrected chi connectivity index (χ0v) is 13.8. The summed E-state index contributed by atoms with van der Waals surface area (Å²) in [6.07, 6.45) is 1.99. The van der Waals surface area contributed by atoms with Gasteiger partial charge in [-0.3, -0.25) is 19.7 Å². The van der Waals surface area contributed by atoms with Crippen molar-refractivity contribution in [3.05, 3.63) is 33.9 Å². The van der Waals surface area contributed by atoms with Gasteiger partial charge in [0.15, 0.2) is 0 Å². The molecule has 1 aliphatic heterocycles. The molecule has 1 aromatic rings. The molecule has 0 bridgehead atoms. The molecule has 1 fully saturated rings. The second-order valence-electron chi connectivity index (χ2n) is 6.08. The number of hydrogen-bond acceptors (Lipinski definition) is 5. The third-order valence-electron chi connectivity index (χ3n) is 4.18. The fraction of sp³-hybridized carbons (Fsp3) is 0.500. The van der Waals surface area contributed by atoms with Crippen LogP contribution in [0.15, 0.2) is 18.2 Å². The van der Waals surface area contributed by atoms with Crippen LogP contribution >= 0.6 is 0 Å². The van der Waals surface area contributed by atoms with Gasteiger partial charge in [-0.25, -0.2) is 0 Å². The molecule has 1 aromatic carbocycles. The fourth-order valence-corrected chi connectivity index (χ4v) is 2.82. The number of carbonyl (C=O) groups excluding carboxylic acids is 1. The Morgan fingerprint density at radius 2 is 2.00 bits per heavy atom. The third kappa shape index (κ3) is 3.81. The van der Waals surface area contributed by atoms with Gasteiger partial charge in [0, 0.05) is 38.3 Å². The Labute approximate surface area is 139 Å². The highest BCUT2D eigenvalue weighted by molar-refractivity contribution is 5.96. The number of carboxylic acids is 1. The summed E-state index contributed by atoms with van der Waals surface area (Å²) >= 11 is 0. The first-order valence-electron chi connectivity index (χ1n) is 7.83. The van der Waals surface area contributed by atoms with Gasteiger partial charge < -0.3 is 14.9 Å². The minimum Gasteiger partial charge on any atom is -0.481 e. The number of aliphatic carboxylic acids is 1. The first kappa shape index (κ1) is 17.7. The van der Waals surface area contributed by atoms with Gasteiger partial charge in [0.25, 0.3) is 11.6 Å². The quantitative estimate of drug-likeness (QED) is 0.630. The second-order valence-corrected chi connectivity index (χ2v) is 6.08. The van der Waals surface area contributed by atoms with Gasteiger partial charge in [-0.05, 0) is 25.0 Å². The molecule has 130 valence electrons. The maximum Gasteiger partial charge on any atom is 0.308 e. The summed E-state index contributed by atoms with van der Waals surface area (Å²) in [5.41, 5.74) is 0.614. The normalized spacial score (nSPS) is 15.2. The average molecular weight is 335 g/mol. The number of nitrogens with zero attached hydrogens (tertiary/aromatic N) is 3. The Kier molecular flexibility index (Phi) is 5.38. The molecule has 1 N–H and O–H groups in total. The third-order valence-corrected chi connectivity index (χ3v) is 4.18. The Morgan fingerprint density at radius 3 is 2.54 bits per heavy atom. The molecule has 1 unspecified atom stereocenters. The molecule has 1 atom stereocenters. The van der Waals surface area contributed by atoms with Crippen molar-refractivity contribution < 1.29 is 19.6 Å². The van der Waals surface area contributed by atoms with Gasteiger partial charge >= 0.3 is 5.97 Å². The Balaban J connectivity index is 2.24. The van der Waals surface area contributed by atoms with Crippen molar-refractivity contribution in [1.29, 1.82) is 0 Å². The van der Waals surface area contributed by atoms with Gasteiger partial charge in [0.2, 0.25) is 0 Å². The van der Waals surface area contributed by atoms with Gasteiger partial charge in [-0.2, -0.15) is 0 Å². The van der Waals surface area contributed by atoms with Crippen LogP contribution in [0.3, 0.4) is 0 Å². The minimum absolute atomic E-state index is 0.0375. The lowest BCUT2D eigenvalue weighted by atomic mass is 10.1. The predicted octanol–water partition coefficient (Wildman–Crippen LogP) is 1.99. The van der Waals surface area contributed by atoms with Crippen molar-refractivity contribution in [2.75, 3.05) is 31.6 Å². The monoisotopic (exact) mass is 335 g/mol. The first-order valence-corrected chi connectivity index (χ1v) is 7.83. The van der Waals surface area contributed by atoms with E-state index >= 15 is 0 Å². The molecule has 0 radical (unpaired) electrons. The van der Waals surface area contributed by atoms with E-state index in [4.69, 9.17) is 5.11 Å². The summed E-state index contributed by atoms with van der Waals surface area (Å²) in [5, 5.41) is 20.3. The number of carbonyl (C=O) groups is 2. The zero-order valence-electron chi connectivity index (χ0n) is 13.8. The highest BCUT2D eigenvalue weighted by atomic mass is 16.6. The van der Waals surface area contributed by atoms with E-state index in [1.54, 1.807) is 12.1 Å². The number of carboxylic acid groups (broad SMARTS) is 1. The highest BCUT2D eigenvalue weighted by Crippen LogP contribution is 2.32. The van der Waals surface area contributed by atoms with Crippen molar-refractivity contribution in [2.45, 2.75) is 19.8 Å². The SMILES string of the molecule is CC(CN(C)C(=O)c1ccc(N2CCCC2)c([N+](=O)[O-])c1)C(=O)O. The summed E-state index contributed by atoms with van der Waals surface area (Å²) in [7, 11) is 1.49. The average Bonchev–Trinajstić information content (AvgIpc) is 3.07. The number of amides is 1. The molecule has 0 aliphatic carbocycles. The van der Waals surface area contributed by atoms with Crippen LogP contribution in [0, 0.1) is 16.0 Å². The number of anilines is 1. The number of nitro benzene ring substituents is 1. The van der Waals surface area contributed by atoms with E-state index in [9.17, 15) is 19.7 Å². The van der Waals surface area contributed by atoms with Gasteiger partial charge in [-0.15, -0.1) is 0 Å². The van der Waals surface area contributed by atoms with E-state index in [1.165, 1.54) is 24.9 Å². The molecular formula is C16H21N3O5. The van der Waals surface area contributed by atoms with E-state index in [0.717, 1.165) is 25.9 Å². The maximum atomic E-state index is 12.4. The van der Waals surface area contributed by atoms with E-state index < -0.39 is 22.7 Å². The lowest BCUT2D eigenvalue weighted by Crippen LogP contribution is -2.33. The fourth-order valence-electron chi connectivity index (χ4n) is 2.82. The van der Waals surface area contributed by atoms with Crippen LogP contribution in [0.5, 0.6) is 0 Å². The molecule has 2 rings (SSSR count). The van der Waals surface area contributed by atoms with Gasteiger partial charge in [0.05, 0.1) is 10.8 Å². The number of rotatable bonds is 6. The van der Waals surface area contributed by atoms with Crippen molar-refractivity contribution in [2.24, 2.45) is 5.92 Å². The zero-order chi connectivity index (χ0) is 17.9. The predicted molar refractivity (Wildman–Crippen MR) is 88.3 cm³/mol. The molecule has 8 nitrogen and oxygen atoms in total. The Hall–Kier alpha value is -2.64. The van der Waals surface area contributed by atoms with Crippen LogP contribution in [0.1, 0.15) is 30.1 Å². The molecule has 0 saturated carbocycles. The highest BCUT2D eigenvalue weighted by Gasteiger charge is 2.25.